The maximum Gasteiger partial charge on any atom is 0.344 e. The summed E-state index contributed by atoms with van der Waals surface area (Å²) in [5.41, 5.74) is -0.714. The summed E-state index contributed by atoms with van der Waals surface area (Å²) in [5, 5.41) is 24.7. The Labute approximate surface area is 306 Å². The van der Waals surface area contributed by atoms with Gasteiger partial charge in [-0.1, -0.05) is 12.0 Å². The second-order valence-electron chi connectivity index (χ2n) is 14.3. The van der Waals surface area contributed by atoms with Gasteiger partial charge in [0.15, 0.2) is 5.82 Å². The van der Waals surface area contributed by atoms with Gasteiger partial charge in [0.25, 0.3) is 0 Å². The van der Waals surface area contributed by atoms with Crippen molar-refractivity contribution in [3.8, 4) is 41.4 Å². The van der Waals surface area contributed by atoms with Crippen molar-refractivity contribution in [2.45, 2.75) is 43.1 Å². The van der Waals surface area contributed by atoms with E-state index in [0.29, 0.717) is 24.2 Å². The van der Waals surface area contributed by atoms with Gasteiger partial charge in [-0.2, -0.15) is 25.0 Å². The van der Waals surface area contributed by atoms with Gasteiger partial charge in [0.1, 0.15) is 47.4 Å². The fourth-order valence-electron chi connectivity index (χ4n) is 8.67. The van der Waals surface area contributed by atoms with Crippen molar-refractivity contribution >= 4 is 33.5 Å². The Morgan fingerprint density at radius 3 is 2.72 bits per heavy atom. The normalized spacial score (nSPS) is 23.8. The second kappa shape index (κ2) is 12.9. The van der Waals surface area contributed by atoms with E-state index < -0.39 is 41.5 Å². The van der Waals surface area contributed by atoms with Gasteiger partial charge in [0, 0.05) is 43.2 Å². The number of nitriles is 1. The number of ether oxygens (including phenoxy) is 2. The van der Waals surface area contributed by atoms with Crippen LogP contribution in [0.15, 0.2) is 42.9 Å². The van der Waals surface area contributed by atoms with E-state index in [1.54, 1.807) is 4.90 Å². The molecular weight excluding hydrogens is 703 g/mol. The highest BCUT2D eigenvalue weighted by Crippen LogP contribution is 2.42. The number of aromatic hydroxyl groups is 1. The van der Waals surface area contributed by atoms with Gasteiger partial charge < -0.3 is 24.4 Å². The van der Waals surface area contributed by atoms with Gasteiger partial charge in [0.05, 0.1) is 59.7 Å². The Balaban J connectivity index is 1.16. The largest absolute Gasteiger partial charge is 0.508 e. The molecule has 3 aromatic heterocycles. The van der Waals surface area contributed by atoms with Crippen molar-refractivity contribution in [1.29, 1.82) is 5.26 Å². The number of morpholine rings is 1. The average molecular weight is 736 g/mol. The predicted octanol–water partition coefficient (Wildman–Crippen LogP) is 4.39. The number of carbonyl (C=O) groups excluding carboxylic acids is 1. The minimum absolute atomic E-state index is 0.0653. The number of halogens is 3. The van der Waals surface area contributed by atoms with E-state index in [1.165, 1.54) is 42.9 Å². The number of phenolic OH excluding ortho intramolecular Hbond substituents is 1. The smallest absolute Gasteiger partial charge is 0.344 e. The summed E-state index contributed by atoms with van der Waals surface area (Å²) in [5.74, 6) is 0.875. The quantitative estimate of drug-likeness (QED) is 0.257. The lowest BCUT2D eigenvalue weighted by atomic mass is 9.95. The zero-order chi connectivity index (χ0) is 37.3. The molecule has 16 heteroatoms. The molecule has 2 bridgehead atoms. The SMILES string of the molecule is C#Cc1c(F)ccc2cc(O)cc(-c3ncc4c(N5C6COCC5CN(C(=O)n5cc(C#N)cn5)C6)nc(OC[C@@]56CCCN5C[C@H](F)C6)nc4c3F)c12. The molecule has 4 atom stereocenters. The summed E-state index contributed by atoms with van der Waals surface area (Å²) >= 11 is 0. The number of pyridine rings is 1. The zero-order valence-electron chi connectivity index (χ0n) is 28.8. The molecule has 4 aliphatic rings. The number of hydrogen-bond donors (Lipinski definition) is 1. The first kappa shape index (κ1) is 33.8. The maximum absolute atomic E-state index is 17.1. The van der Waals surface area contributed by atoms with Gasteiger partial charge in [-0.3, -0.25) is 9.88 Å². The van der Waals surface area contributed by atoms with Crippen molar-refractivity contribution in [2.75, 3.05) is 50.9 Å². The zero-order valence-corrected chi connectivity index (χ0v) is 28.8. The Kier molecular flexibility index (Phi) is 8.06. The highest BCUT2D eigenvalue weighted by atomic mass is 19.1. The lowest BCUT2D eigenvalue weighted by Crippen LogP contribution is -2.66. The summed E-state index contributed by atoms with van der Waals surface area (Å²) in [6, 6.07) is 5.85. The maximum atomic E-state index is 17.1. The topological polar surface area (TPSA) is 146 Å². The Morgan fingerprint density at radius 2 is 1.96 bits per heavy atom. The number of alkyl halides is 1. The lowest BCUT2D eigenvalue weighted by Gasteiger charge is -2.50. The Bertz CT molecular complexity index is 2430. The molecule has 0 spiro atoms. The first-order valence-electron chi connectivity index (χ1n) is 17.6. The van der Waals surface area contributed by atoms with Crippen LogP contribution in [0.25, 0.3) is 32.9 Å². The summed E-state index contributed by atoms with van der Waals surface area (Å²) < 4.78 is 60.1. The molecular formula is C38H32F3N9O4. The van der Waals surface area contributed by atoms with Crippen LogP contribution in [0.1, 0.15) is 30.4 Å². The van der Waals surface area contributed by atoms with Crippen LogP contribution in [0.2, 0.25) is 0 Å². The van der Waals surface area contributed by atoms with Crippen LogP contribution in [0.4, 0.5) is 23.8 Å². The van der Waals surface area contributed by atoms with E-state index in [4.69, 9.17) is 20.9 Å². The van der Waals surface area contributed by atoms with E-state index in [-0.39, 0.29) is 83.3 Å². The molecule has 1 N–H and O–H groups in total. The third-order valence-corrected chi connectivity index (χ3v) is 11.0. The molecule has 4 aliphatic heterocycles. The molecule has 0 aliphatic carbocycles. The van der Waals surface area contributed by atoms with Gasteiger partial charge in [-0.15, -0.1) is 6.42 Å². The number of anilines is 1. The van der Waals surface area contributed by atoms with Crippen LogP contribution in [0, 0.1) is 35.3 Å². The molecule has 0 saturated carbocycles. The molecule has 2 aromatic carbocycles. The lowest BCUT2D eigenvalue weighted by molar-refractivity contribution is 0.0251. The highest BCUT2D eigenvalue weighted by Gasteiger charge is 2.49. The summed E-state index contributed by atoms with van der Waals surface area (Å²) in [6.07, 6.45) is 10.7. The fourth-order valence-corrected chi connectivity index (χ4v) is 8.67. The van der Waals surface area contributed by atoms with Crippen LogP contribution in [0.5, 0.6) is 11.8 Å². The third kappa shape index (κ3) is 5.44. The minimum atomic E-state index is -0.991. The molecule has 5 aromatic rings. The number of carbonyl (C=O) groups is 1. The van der Waals surface area contributed by atoms with Gasteiger partial charge in [-0.05, 0) is 43.0 Å². The molecule has 7 heterocycles. The average Bonchev–Trinajstić information content (AvgIpc) is 3.88. The fraction of sp³-hybridized carbons (Fsp3) is 0.368. The second-order valence-corrected chi connectivity index (χ2v) is 14.3. The van der Waals surface area contributed by atoms with Gasteiger partial charge >= 0.3 is 12.0 Å². The number of phenols is 1. The monoisotopic (exact) mass is 735 g/mol. The molecule has 4 fully saturated rings. The number of rotatable bonds is 5. The number of piperazine rings is 1. The van der Waals surface area contributed by atoms with Crippen molar-refractivity contribution in [3.05, 3.63) is 65.6 Å². The van der Waals surface area contributed by atoms with Crippen LogP contribution >= 0.6 is 0 Å². The Hall–Kier alpha value is -5.97. The number of nitrogens with zero attached hydrogens (tertiary/aromatic N) is 9. The Morgan fingerprint density at radius 1 is 1.15 bits per heavy atom. The van der Waals surface area contributed by atoms with E-state index in [2.05, 4.69) is 25.9 Å². The summed E-state index contributed by atoms with van der Waals surface area (Å²) in [4.78, 5) is 33.0. The van der Waals surface area contributed by atoms with Crippen LogP contribution in [-0.4, -0.2) is 115 Å². The summed E-state index contributed by atoms with van der Waals surface area (Å²) in [7, 11) is 0. The first-order valence-corrected chi connectivity index (χ1v) is 17.6. The number of aromatic nitrogens is 5. The number of terminal acetylenes is 1. The molecule has 54 heavy (non-hydrogen) atoms. The number of fused-ring (bicyclic) bond motifs is 5. The molecule has 4 saturated heterocycles. The van der Waals surface area contributed by atoms with E-state index in [0.717, 1.165) is 24.1 Å². The third-order valence-electron chi connectivity index (χ3n) is 11.0. The van der Waals surface area contributed by atoms with E-state index >= 15 is 4.39 Å². The van der Waals surface area contributed by atoms with Crippen molar-refractivity contribution in [3.63, 3.8) is 0 Å². The molecule has 1 amide bonds. The van der Waals surface area contributed by atoms with Crippen LogP contribution in [0.3, 0.4) is 0 Å². The molecule has 0 radical (unpaired) electrons. The molecule has 274 valence electrons. The number of benzene rings is 2. The van der Waals surface area contributed by atoms with E-state index in [9.17, 15) is 23.9 Å². The number of amides is 1. The minimum Gasteiger partial charge on any atom is -0.508 e. The summed E-state index contributed by atoms with van der Waals surface area (Å²) in [6.45, 7) is 1.97. The standard InChI is InChI=1S/C38H32F3N9O4/c1-2-27-30(40)5-4-22-8-26(51)9-28(31(22)27)33-32(41)34-29(13-43-33)35(46-36(45-34)54-20-38-6-3-7-48(38)15-23(39)10-38)50-24-16-47(17-25(50)19-53-18-24)37(52)49-14-21(11-42)12-44-49/h1,4-5,8-9,12-14,23-25,51H,3,6-7,10,15-20H2/t23-,24?,25?,38+/m1/s1. The number of hydrogen-bond acceptors (Lipinski definition) is 11. The van der Waals surface area contributed by atoms with E-state index in [1.807, 2.05) is 11.0 Å². The van der Waals surface area contributed by atoms with Crippen molar-refractivity contribution in [2.24, 2.45) is 0 Å². The van der Waals surface area contributed by atoms with Crippen molar-refractivity contribution < 1.29 is 32.5 Å². The first-order chi connectivity index (χ1) is 26.2. The van der Waals surface area contributed by atoms with Gasteiger partial charge in [-0.25, -0.2) is 18.0 Å². The predicted molar refractivity (Wildman–Crippen MR) is 189 cm³/mol. The molecule has 2 unspecified atom stereocenters. The van der Waals surface area contributed by atoms with Crippen LogP contribution < -0.4 is 9.64 Å². The van der Waals surface area contributed by atoms with Gasteiger partial charge in [0.2, 0.25) is 0 Å². The molecule has 13 nitrogen and oxygen atoms in total. The molecule has 9 rings (SSSR count). The van der Waals surface area contributed by atoms with Crippen LogP contribution in [-0.2, 0) is 4.74 Å². The van der Waals surface area contributed by atoms with Crippen molar-refractivity contribution in [1.82, 2.24) is 34.5 Å². The highest BCUT2D eigenvalue weighted by molar-refractivity contribution is 6.03.